The summed E-state index contributed by atoms with van der Waals surface area (Å²) in [6.07, 6.45) is 1.68. The van der Waals surface area contributed by atoms with Gasteiger partial charge in [-0.15, -0.1) is 5.10 Å². The van der Waals surface area contributed by atoms with Crippen LogP contribution in [0.25, 0.3) is 22.0 Å². The van der Waals surface area contributed by atoms with E-state index >= 15 is 0 Å². The fourth-order valence-corrected chi connectivity index (χ4v) is 2.99. The number of nitrogens with one attached hydrogen (secondary N) is 1. The number of aryl methyl sites for hydroxylation is 1. The number of hydrogen-bond acceptors (Lipinski definition) is 3. The molecule has 0 atom stereocenters. The Bertz CT molecular complexity index is 1110. The average molecular weight is 347 g/mol. The Labute approximate surface area is 149 Å². The zero-order valence-electron chi connectivity index (χ0n) is 14.0. The van der Waals surface area contributed by atoms with E-state index < -0.39 is 0 Å². The largest absolute Gasteiger partial charge is 0.355 e. The zero-order chi connectivity index (χ0) is 18.1. The summed E-state index contributed by atoms with van der Waals surface area (Å²) in [6, 6.07) is 16.7. The molecule has 128 valence electrons. The fraction of sp³-hybridized carbons (Fsp3) is 0.0476. The first-order valence-electron chi connectivity index (χ1n) is 8.15. The summed E-state index contributed by atoms with van der Waals surface area (Å²) < 4.78 is 26.7. The van der Waals surface area contributed by atoms with E-state index in [1.165, 1.54) is 24.3 Å². The third-order valence-electron chi connectivity index (χ3n) is 4.22. The molecule has 0 saturated carbocycles. The van der Waals surface area contributed by atoms with Gasteiger partial charge < -0.3 is 5.32 Å². The van der Waals surface area contributed by atoms with E-state index in [1.54, 1.807) is 24.4 Å². The van der Waals surface area contributed by atoms with Crippen LogP contribution in [0.4, 0.5) is 20.2 Å². The highest BCUT2D eigenvalue weighted by atomic mass is 19.1. The van der Waals surface area contributed by atoms with Crippen LogP contribution in [0.15, 0.2) is 66.9 Å². The summed E-state index contributed by atoms with van der Waals surface area (Å²) in [5.41, 5.74) is 3.83. The molecule has 0 amide bonds. The van der Waals surface area contributed by atoms with Crippen LogP contribution in [0.1, 0.15) is 5.56 Å². The molecule has 0 aliphatic rings. The Morgan fingerprint density at radius 3 is 2.46 bits per heavy atom. The van der Waals surface area contributed by atoms with E-state index in [0.29, 0.717) is 11.4 Å². The topological polar surface area (TPSA) is 37.8 Å². The molecule has 0 saturated heterocycles. The van der Waals surface area contributed by atoms with Gasteiger partial charge in [0.2, 0.25) is 0 Å². The van der Waals surface area contributed by atoms with Crippen LogP contribution in [0.3, 0.4) is 0 Å². The van der Waals surface area contributed by atoms with E-state index in [-0.39, 0.29) is 11.6 Å². The number of aromatic nitrogens is 2. The molecule has 0 bridgehead atoms. The summed E-state index contributed by atoms with van der Waals surface area (Å²) in [5.74, 6) is -0.572. The van der Waals surface area contributed by atoms with E-state index in [2.05, 4.69) is 15.5 Å². The predicted octanol–water partition coefficient (Wildman–Crippen LogP) is 5.63. The summed E-state index contributed by atoms with van der Waals surface area (Å²) in [4.78, 5) is 0. The monoisotopic (exact) mass is 347 g/mol. The lowest BCUT2D eigenvalue weighted by atomic mass is 10.0. The molecule has 0 spiro atoms. The number of nitrogens with zero attached hydrogens (tertiary/aromatic N) is 2. The van der Waals surface area contributed by atoms with Gasteiger partial charge in [-0.2, -0.15) is 5.10 Å². The lowest BCUT2D eigenvalue weighted by Gasteiger charge is -2.11. The minimum absolute atomic E-state index is 0.277. The number of halogens is 2. The molecule has 3 nitrogen and oxygen atoms in total. The van der Waals surface area contributed by atoms with Gasteiger partial charge in [-0.25, -0.2) is 8.78 Å². The normalized spacial score (nSPS) is 10.9. The van der Waals surface area contributed by atoms with Crippen molar-refractivity contribution >= 4 is 22.1 Å². The van der Waals surface area contributed by atoms with Crippen LogP contribution in [-0.4, -0.2) is 10.2 Å². The molecule has 4 aromatic rings. The first-order valence-corrected chi connectivity index (χ1v) is 8.15. The van der Waals surface area contributed by atoms with Gasteiger partial charge in [0, 0.05) is 27.7 Å². The second-order valence-corrected chi connectivity index (χ2v) is 6.09. The number of benzene rings is 3. The van der Waals surface area contributed by atoms with Crippen molar-refractivity contribution in [1.29, 1.82) is 0 Å². The second kappa shape index (κ2) is 6.52. The summed E-state index contributed by atoms with van der Waals surface area (Å²) in [6.45, 7) is 1.85. The van der Waals surface area contributed by atoms with Crippen molar-refractivity contribution in [3.8, 4) is 11.3 Å². The third kappa shape index (κ3) is 3.11. The molecule has 0 aliphatic carbocycles. The van der Waals surface area contributed by atoms with Crippen molar-refractivity contribution < 1.29 is 8.78 Å². The highest BCUT2D eigenvalue weighted by Gasteiger charge is 2.10. The molecule has 0 aliphatic heterocycles. The van der Waals surface area contributed by atoms with Crippen molar-refractivity contribution in [3.63, 3.8) is 0 Å². The molecule has 4 rings (SSSR count). The Morgan fingerprint density at radius 1 is 0.846 bits per heavy atom. The van der Waals surface area contributed by atoms with E-state index in [4.69, 9.17) is 0 Å². The first-order chi connectivity index (χ1) is 12.6. The highest BCUT2D eigenvalue weighted by Crippen LogP contribution is 2.30. The van der Waals surface area contributed by atoms with Crippen molar-refractivity contribution in [2.75, 3.05) is 5.32 Å². The summed E-state index contributed by atoms with van der Waals surface area (Å²) in [7, 11) is 0. The quantitative estimate of drug-likeness (QED) is 0.522. The Kier molecular flexibility index (Phi) is 4.05. The minimum atomic E-state index is -0.296. The first kappa shape index (κ1) is 16.1. The molecule has 0 unspecified atom stereocenters. The van der Waals surface area contributed by atoms with Gasteiger partial charge in [0.25, 0.3) is 0 Å². The Hall–Kier alpha value is -3.34. The number of hydrogen-bond donors (Lipinski definition) is 1. The Balaban J connectivity index is 1.76. The third-order valence-corrected chi connectivity index (χ3v) is 4.22. The number of rotatable bonds is 3. The Morgan fingerprint density at radius 2 is 1.65 bits per heavy atom. The van der Waals surface area contributed by atoms with Crippen molar-refractivity contribution in [3.05, 3.63) is 84.1 Å². The smallest absolute Gasteiger partial charge is 0.125 e. The van der Waals surface area contributed by atoms with Crippen LogP contribution in [0.5, 0.6) is 0 Å². The SMILES string of the molecule is Cc1cc(F)ccc1-c1nncc2cc(Nc3cccc(F)c3)ccc12. The summed E-state index contributed by atoms with van der Waals surface area (Å²) in [5, 5.41) is 13.3. The minimum Gasteiger partial charge on any atom is -0.355 e. The maximum absolute atomic E-state index is 13.4. The standard InChI is InChI=1S/C21H15F2N3/c1-13-9-16(23)5-7-19(13)21-20-8-6-18(10-14(20)12-24-26-21)25-17-4-2-3-15(22)11-17/h2-12,25H,1H3. The molecule has 0 radical (unpaired) electrons. The van der Waals surface area contributed by atoms with E-state index in [0.717, 1.165) is 27.6 Å². The number of fused-ring (bicyclic) bond motifs is 1. The fourth-order valence-electron chi connectivity index (χ4n) is 2.99. The van der Waals surface area contributed by atoms with Crippen molar-refractivity contribution in [2.45, 2.75) is 6.92 Å². The molecule has 3 aromatic carbocycles. The van der Waals surface area contributed by atoms with Crippen LogP contribution < -0.4 is 5.32 Å². The van der Waals surface area contributed by atoms with Gasteiger partial charge in [-0.1, -0.05) is 6.07 Å². The average Bonchev–Trinajstić information content (AvgIpc) is 2.61. The van der Waals surface area contributed by atoms with Gasteiger partial charge in [-0.3, -0.25) is 0 Å². The second-order valence-electron chi connectivity index (χ2n) is 6.09. The van der Waals surface area contributed by atoms with Gasteiger partial charge in [0.05, 0.1) is 6.20 Å². The predicted molar refractivity (Wildman–Crippen MR) is 99.4 cm³/mol. The van der Waals surface area contributed by atoms with Crippen molar-refractivity contribution in [2.24, 2.45) is 0 Å². The van der Waals surface area contributed by atoms with Gasteiger partial charge in [0.15, 0.2) is 0 Å². The lowest BCUT2D eigenvalue weighted by molar-refractivity contribution is 0.626. The molecular weight excluding hydrogens is 332 g/mol. The van der Waals surface area contributed by atoms with E-state index in [1.807, 2.05) is 25.1 Å². The molecule has 1 heterocycles. The lowest BCUT2D eigenvalue weighted by Crippen LogP contribution is -1.95. The van der Waals surface area contributed by atoms with Crippen molar-refractivity contribution in [1.82, 2.24) is 10.2 Å². The van der Waals surface area contributed by atoms with Gasteiger partial charge in [-0.05, 0) is 67.1 Å². The molecule has 0 fully saturated rings. The van der Waals surface area contributed by atoms with Crippen LogP contribution in [0.2, 0.25) is 0 Å². The molecule has 1 aromatic heterocycles. The van der Waals surface area contributed by atoms with Crippen LogP contribution in [0, 0.1) is 18.6 Å². The maximum Gasteiger partial charge on any atom is 0.125 e. The van der Waals surface area contributed by atoms with Crippen LogP contribution in [-0.2, 0) is 0 Å². The van der Waals surface area contributed by atoms with Gasteiger partial charge in [0.1, 0.15) is 17.3 Å². The molecule has 26 heavy (non-hydrogen) atoms. The highest BCUT2D eigenvalue weighted by molar-refractivity contribution is 5.96. The molecule has 1 N–H and O–H groups in total. The van der Waals surface area contributed by atoms with E-state index in [9.17, 15) is 8.78 Å². The van der Waals surface area contributed by atoms with Gasteiger partial charge >= 0.3 is 0 Å². The zero-order valence-corrected chi connectivity index (χ0v) is 14.0. The van der Waals surface area contributed by atoms with Crippen LogP contribution >= 0.6 is 0 Å². The molecule has 5 heteroatoms. The number of anilines is 2. The summed E-state index contributed by atoms with van der Waals surface area (Å²) >= 11 is 0. The maximum atomic E-state index is 13.4. The molecular formula is C21H15F2N3.